The zero-order chi connectivity index (χ0) is 12.3. The van der Waals surface area contributed by atoms with Crippen LogP contribution in [0.15, 0.2) is 0 Å². The molecule has 17 heavy (non-hydrogen) atoms. The lowest BCUT2D eigenvalue weighted by molar-refractivity contribution is 0.0976. The third kappa shape index (κ3) is 2.84. The van der Waals surface area contributed by atoms with Gasteiger partial charge in [-0.2, -0.15) is 0 Å². The minimum Gasteiger partial charge on any atom is -0.380 e. The van der Waals surface area contributed by atoms with Crippen LogP contribution in [0.25, 0.3) is 0 Å². The second-order valence-corrected chi connectivity index (χ2v) is 5.14. The maximum Gasteiger partial charge on any atom is 0.186 e. The van der Waals surface area contributed by atoms with E-state index >= 15 is 0 Å². The first kappa shape index (κ1) is 12.5. The Morgan fingerprint density at radius 1 is 1.47 bits per heavy atom. The molecule has 0 aliphatic heterocycles. The van der Waals surface area contributed by atoms with E-state index < -0.39 is 0 Å². The SMILES string of the molecule is CCOCCN(C)c1nc2c(s1)C(=O)CCC2. The maximum absolute atomic E-state index is 11.7. The Bertz CT molecular complexity index is 403. The van der Waals surface area contributed by atoms with E-state index in [0.717, 1.165) is 41.7 Å². The second-order valence-electron chi connectivity index (χ2n) is 4.17. The van der Waals surface area contributed by atoms with Crippen LogP contribution in [-0.4, -0.2) is 37.6 Å². The number of thiazole rings is 1. The summed E-state index contributed by atoms with van der Waals surface area (Å²) in [5, 5.41) is 0.935. The van der Waals surface area contributed by atoms with Crippen LogP contribution in [0.2, 0.25) is 0 Å². The number of aromatic nitrogens is 1. The fraction of sp³-hybridized carbons (Fsp3) is 0.667. The molecule has 0 bridgehead atoms. The van der Waals surface area contributed by atoms with Gasteiger partial charge in [0.15, 0.2) is 10.9 Å². The largest absolute Gasteiger partial charge is 0.380 e. The lowest BCUT2D eigenvalue weighted by Crippen LogP contribution is -2.22. The lowest BCUT2D eigenvalue weighted by Gasteiger charge is -2.14. The molecule has 94 valence electrons. The summed E-state index contributed by atoms with van der Waals surface area (Å²) in [6.07, 6.45) is 2.56. The summed E-state index contributed by atoms with van der Waals surface area (Å²) in [4.78, 5) is 19.2. The second kappa shape index (κ2) is 5.60. The molecule has 1 aliphatic carbocycles. The van der Waals surface area contributed by atoms with Crippen molar-refractivity contribution in [1.82, 2.24) is 4.98 Å². The Labute approximate surface area is 106 Å². The molecule has 0 unspecified atom stereocenters. The summed E-state index contributed by atoms with van der Waals surface area (Å²) in [7, 11) is 1.99. The monoisotopic (exact) mass is 254 g/mol. The van der Waals surface area contributed by atoms with Crippen LogP contribution in [0.3, 0.4) is 0 Å². The molecule has 1 aliphatic rings. The lowest BCUT2D eigenvalue weighted by atomic mass is 10.0. The molecule has 1 heterocycles. The number of ketones is 1. The number of rotatable bonds is 5. The van der Waals surface area contributed by atoms with Crippen LogP contribution in [0.5, 0.6) is 0 Å². The number of carbonyl (C=O) groups is 1. The van der Waals surface area contributed by atoms with Crippen molar-refractivity contribution in [2.24, 2.45) is 0 Å². The van der Waals surface area contributed by atoms with Gasteiger partial charge in [-0.1, -0.05) is 11.3 Å². The number of anilines is 1. The summed E-state index contributed by atoms with van der Waals surface area (Å²) in [5.41, 5.74) is 0.990. The van der Waals surface area contributed by atoms with E-state index in [4.69, 9.17) is 4.74 Å². The predicted octanol–water partition coefficient (Wildman–Crippen LogP) is 2.13. The van der Waals surface area contributed by atoms with Crippen molar-refractivity contribution in [3.05, 3.63) is 10.6 Å². The molecule has 0 amide bonds. The highest BCUT2D eigenvalue weighted by molar-refractivity contribution is 7.17. The van der Waals surface area contributed by atoms with Crippen LogP contribution in [0, 0.1) is 0 Å². The topological polar surface area (TPSA) is 42.4 Å². The molecule has 0 N–H and O–H groups in total. The van der Waals surface area contributed by atoms with Gasteiger partial charge in [-0.05, 0) is 19.8 Å². The highest BCUT2D eigenvalue weighted by Gasteiger charge is 2.23. The average Bonchev–Trinajstić information content (AvgIpc) is 2.75. The number of Topliss-reactive ketones (excluding diaryl/α,β-unsaturated/α-hetero) is 1. The highest BCUT2D eigenvalue weighted by Crippen LogP contribution is 2.31. The quantitative estimate of drug-likeness (QED) is 0.755. The Morgan fingerprint density at radius 2 is 2.29 bits per heavy atom. The summed E-state index contributed by atoms with van der Waals surface area (Å²) in [6.45, 7) is 4.24. The number of nitrogens with zero attached hydrogens (tertiary/aromatic N) is 2. The first-order valence-corrected chi connectivity index (χ1v) is 6.85. The number of fused-ring (bicyclic) bond motifs is 1. The minimum atomic E-state index is 0.258. The molecular weight excluding hydrogens is 236 g/mol. The third-order valence-corrected chi connectivity index (χ3v) is 4.11. The Hall–Kier alpha value is -0.940. The number of carbonyl (C=O) groups excluding carboxylic acids is 1. The molecule has 0 spiro atoms. The number of aryl methyl sites for hydroxylation is 1. The van der Waals surface area contributed by atoms with Gasteiger partial charge in [0.25, 0.3) is 0 Å². The zero-order valence-electron chi connectivity index (χ0n) is 10.4. The minimum absolute atomic E-state index is 0.258. The zero-order valence-corrected chi connectivity index (χ0v) is 11.2. The smallest absolute Gasteiger partial charge is 0.186 e. The molecule has 2 rings (SSSR count). The normalized spacial score (nSPS) is 14.8. The number of likely N-dealkylation sites (N-methyl/N-ethyl adjacent to an activating group) is 1. The number of ether oxygens (including phenoxy) is 1. The number of hydrogen-bond donors (Lipinski definition) is 0. The molecule has 0 radical (unpaired) electrons. The van der Waals surface area contributed by atoms with E-state index in [9.17, 15) is 4.79 Å². The highest BCUT2D eigenvalue weighted by atomic mass is 32.1. The van der Waals surface area contributed by atoms with Gasteiger partial charge in [0, 0.05) is 26.6 Å². The van der Waals surface area contributed by atoms with Crippen molar-refractivity contribution in [3.63, 3.8) is 0 Å². The molecule has 0 fully saturated rings. The first-order chi connectivity index (χ1) is 8.22. The Balaban J connectivity index is 2.04. The van der Waals surface area contributed by atoms with E-state index in [0.29, 0.717) is 13.0 Å². The molecular formula is C12H18N2O2S. The van der Waals surface area contributed by atoms with Crippen molar-refractivity contribution in [1.29, 1.82) is 0 Å². The van der Waals surface area contributed by atoms with Crippen molar-refractivity contribution in [2.45, 2.75) is 26.2 Å². The van der Waals surface area contributed by atoms with Crippen molar-refractivity contribution in [3.8, 4) is 0 Å². The average molecular weight is 254 g/mol. The van der Waals surface area contributed by atoms with Crippen molar-refractivity contribution < 1.29 is 9.53 Å². The Kier molecular flexibility index (Phi) is 4.12. The number of hydrogen-bond acceptors (Lipinski definition) is 5. The van der Waals surface area contributed by atoms with Crippen LogP contribution >= 0.6 is 11.3 Å². The first-order valence-electron chi connectivity index (χ1n) is 6.04. The Morgan fingerprint density at radius 3 is 3.00 bits per heavy atom. The standard InChI is InChI=1S/C12H18N2O2S/c1-3-16-8-7-14(2)12-13-9-5-4-6-10(15)11(9)17-12/h3-8H2,1-2H3. The molecule has 1 aromatic heterocycles. The molecule has 0 atom stereocenters. The molecule has 4 nitrogen and oxygen atoms in total. The van der Waals surface area contributed by atoms with E-state index in [-0.39, 0.29) is 5.78 Å². The molecule has 1 aromatic rings. The fourth-order valence-electron chi connectivity index (χ4n) is 1.86. The van der Waals surface area contributed by atoms with Crippen LogP contribution < -0.4 is 4.90 Å². The van der Waals surface area contributed by atoms with E-state index in [1.54, 1.807) is 0 Å². The van der Waals surface area contributed by atoms with Gasteiger partial charge in [0.2, 0.25) is 0 Å². The summed E-state index contributed by atoms with van der Waals surface area (Å²) in [6, 6.07) is 0. The third-order valence-electron chi connectivity index (χ3n) is 2.86. The fourth-order valence-corrected chi connectivity index (χ4v) is 2.93. The molecule has 5 heteroatoms. The van der Waals surface area contributed by atoms with Gasteiger partial charge in [-0.15, -0.1) is 0 Å². The van der Waals surface area contributed by atoms with Gasteiger partial charge >= 0.3 is 0 Å². The van der Waals surface area contributed by atoms with Crippen molar-refractivity contribution in [2.75, 3.05) is 31.7 Å². The van der Waals surface area contributed by atoms with E-state index in [1.807, 2.05) is 14.0 Å². The van der Waals surface area contributed by atoms with E-state index in [2.05, 4.69) is 9.88 Å². The van der Waals surface area contributed by atoms with Crippen LogP contribution in [-0.2, 0) is 11.2 Å². The molecule has 0 saturated heterocycles. The van der Waals surface area contributed by atoms with Gasteiger partial charge in [-0.25, -0.2) is 4.98 Å². The molecule has 0 aromatic carbocycles. The maximum atomic E-state index is 11.7. The molecule has 0 saturated carbocycles. The van der Waals surface area contributed by atoms with E-state index in [1.165, 1.54) is 11.3 Å². The van der Waals surface area contributed by atoms with Crippen molar-refractivity contribution >= 4 is 22.3 Å². The summed E-state index contributed by atoms with van der Waals surface area (Å²) in [5.74, 6) is 0.258. The van der Waals surface area contributed by atoms with Gasteiger partial charge < -0.3 is 9.64 Å². The summed E-state index contributed by atoms with van der Waals surface area (Å²) < 4.78 is 5.32. The summed E-state index contributed by atoms with van der Waals surface area (Å²) >= 11 is 1.52. The predicted molar refractivity (Wildman–Crippen MR) is 69.1 cm³/mol. The van der Waals surface area contributed by atoms with Gasteiger partial charge in [0.1, 0.15) is 0 Å². The van der Waals surface area contributed by atoms with Gasteiger partial charge in [0.05, 0.1) is 17.2 Å². The van der Waals surface area contributed by atoms with Crippen LogP contribution in [0.1, 0.15) is 35.1 Å². The van der Waals surface area contributed by atoms with Crippen LogP contribution in [0.4, 0.5) is 5.13 Å². The van der Waals surface area contributed by atoms with Gasteiger partial charge in [-0.3, -0.25) is 4.79 Å².